The van der Waals surface area contributed by atoms with Crippen LogP contribution in [0.4, 0.5) is 5.69 Å². The van der Waals surface area contributed by atoms with Gasteiger partial charge in [0.05, 0.1) is 5.97 Å². The zero-order chi connectivity index (χ0) is 11.5. The third kappa shape index (κ3) is 1.88. The van der Waals surface area contributed by atoms with E-state index in [-0.39, 0.29) is 5.56 Å². The van der Waals surface area contributed by atoms with Gasteiger partial charge in [0.2, 0.25) is 0 Å². The van der Waals surface area contributed by atoms with Crippen LogP contribution in [0.25, 0.3) is 11.1 Å². The topological polar surface area (TPSA) is 66.2 Å². The number of nitrogen functional groups attached to an aromatic ring is 1. The third-order valence-electron chi connectivity index (χ3n) is 2.37. The van der Waals surface area contributed by atoms with E-state index in [0.29, 0.717) is 11.3 Å². The molecule has 0 fully saturated rings. The molecule has 2 N–H and O–H groups in total. The van der Waals surface area contributed by atoms with Crippen molar-refractivity contribution in [2.45, 2.75) is 0 Å². The number of carboxylic acids is 1. The standard InChI is InChI=1S/C13H11NO2/c14-10-7-5-9(6-8-10)11-3-1-2-4-12(11)13(15)16/h1-8H,14H2,(H,15,16)/p-1. The minimum Gasteiger partial charge on any atom is -0.545 e. The number of nitrogens with two attached hydrogens (primary N) is 1. The summed E-state index contributed by atoms with van der Waals surface area (Å²) in [7, 11) is 0. The monoisotopic (exact) mass is 212 g/mol. The molecule has 0 radical (unpaired) electrons. The summed E-state index contributed by atoms with van der Waals surface area (Å²) < 4.78 is 0. The average Bonchev–Trinajstić information content (AvgIpc) is 2.30. The Bertz CT molecular complexity index is 518. The van der Waals surface area contributed by atoms with E-state index in [1.807, 2.05) is 0 Å². The van der Waals surface area contributed by atoms with E-state index in [0.717, 1.165) is 5.56 Å². The molecule has 0 heterocycles. The van der Waals surface area contributed by atoms with Gasteiger partial charge in [0.25, 0.3) is 0 Å². The van der Waals surface area contributed by atoms with Crippen molar-refractivity contribution in [3.63, 3.8) is 0 Å². The molecule has 0 atom stereocenters. The second-order valence-corrected chi connectivity index (χ2v) is 3.46. The fraction of sp³-hybridized carbons (Fsp3) is 0. The molecule has 0 aliphatic heterocycles. The van der Waals surface area contributed by atoms with Crippen molar-refractivity contribution < 1.29 is 9.90 Å². The first-order valence-electron chi connectivity index (χ1n) is 4.85. The van der Waals surface area contributed by atoms with E-state index in [9.17, 15) is 9.90 Å². The maximum absolute atomic E-state index is 10.9. The smallest absolute Gasteiger partial charge is 0.0721 e. The summed E-state index contributed by atoms with van der Waals surface area (Å²) in [6.07, 6.45) is 0. The summed E-state index contributed by atoms with van der Waals surface area (Å²) >= 11 is 0. The molecule has 0 unspecified atom stereocenters. The maximum Gasteiger partial charge on any atom is 0.0721 e. The van der Waals surface area contributed by atoms with E-state index in [4.69, 9.17) is 5.73 Å². The first-order chi connectivity index (χ1) is 7.68. The van der Waals surface area contributed by atoms with Crippen LogP contribution in [0.3, 0.4) is 0 Å². The highest BCUT2D eigenvalue weighted by atomic mass is 16.4. The Kier molecular flexibility index (Phi) is 2.60. The summed E-state index contributed by atoms with van der Waals surface area (Å²) in [6.45, 7) is 0. The van der Waals surface area contributed by atoms with Crippen LogP contribution in [0.1, 0.15) is 10.4 Å². The van der Waals surface area contributed by atoms with Crippen molar-refractivity contribution >= 4 is 11.7 Å². The van der Waals surface area contributed by atoms with E-state index in [1.54, 1.807) is 42.5 Å². The Morgan fingerprint density at radius 1 is 1.00 bits per heavy atom. The second kappa shape index (κ2) is 4.06. The molecule has 0 aliphatic carbocycles. The Balaban J connectivity index is 2.55. The Hall–Kier alpha value is -2.29. The number of aromatic carboxylic acids is 1. The Labute approximate surface area is 93.1 Å². The maximum atomic E-state index is 10.9. The molecule has 3 nitrogen and oxygen atoms in total. The zero-order valence-corrected chi connectivity index (χ0v) is 8.51. The highest BCUT2D eigenvalue weighted by Crippen LogP contribution is 2.23. The van der Waals surface area contributed by atoms with E-state index in [2.05, 4.69) is 0 Å². The number of carbonyl (C=O) groups is 1. The van der Waals surface area contributed by atoms with Crippen molar-refractivity contribution in [2.75, 3.05) is 5.73 Å². The highest BCUT2D eigenvalue weighted by Gasteiger charge is 2.04. The van der Waals surface area contributed by atoms with Crippen LogP contribution in [0, 0.1) is 0 Å². The summed E-state index contributed by atoms with van der Waals surface area (Å²) in [6, 6.07) is 13.8. The average molecular weight is 212 g/mol. The Morgan fingerprint density at radius 2 is 1.62 bits per heavy atom. The zero-order valence-electron chi connectivity index (χ0n) is 8.51. The number of anilines is 1. The summed E-state index contributed by atoms with van der Waals surface area (Å²) in [4.78, 5) is 10.9. The van der Waals surface area contributed by atoms with Crippen LogP contribution < -0.4 is 10.8 Å². The van der Waals surface area contributed by atoms with Crippen LogP contribution in [-0.2, 0) is 0 Å². The Morgan fingerprint density at radius 3 is 2.25 bits per heavy atom. The van der Waals surface area contributed by atoms with Crippen LogP contribution in [0.2, 0.25) is 0 Å². The third-order valence-corrected chi connectivity index (χ3v) is 2.37. The van der Waals surface area contributed by atoms with Gasteiger partial charge in [0.15, 0.2) is 0 Å². The predicted molar refractivity (Wildman–Crippen MR) is 60.6 cm³/mol. The van der Waals surface area contributed by atoms with Crippen LogP contribution in [-0.4, -0.2) is 5.97 Å². The van der Waals surface area contributed by atoms with E-state index in [1.165, 1.54) is 6.07 Å². The molecular formula is C13H10NO2-. The quantitative estimate of drug-likeness (QED) is 0.763. The van der Waals surface area contributed by atoms with Crippen molar-refractivity contribution in [3.8, 4) is 11.1 Å². The number of benzene rings is 2. The number of hydrogen-bond acceptors (Lipinski definition) is 3. The van der Waals surface area contributed by atoms with Gasteiger partial charge in [-0.25, -0.2) is 0 Å². The molecule has 0 aliphatic rings. The molecular weight excluding hydrogens is 202 g/mol. The van der Waals surface area contributed by atoms with Gasteiger partial charge in [0.1, 0.15) is 0 Å². The van der Waals surface area contributed by atoms with Crippen LogP contribution in [0.5, 0.6) is 0 Å². The van der Waals surface area contributed by atoms with Gasteiger partial charge in [-0.1, -0.05) is 36.4 Å². The van der Waals surface area contributed by atoms with Crippen molar-refractivity contribution in [3.05, 3.63) is 54.1 Å². The molecule has 0 saturated heterocycles. The molecule has 0 aromatic heterocycles. The number of rotatable bonds is 2. The molecule has 80 valence electrons. The lowest BCUT2D eigenvalue weighted by atomic mass is 10.00. The van der Waals surface area contributed by atoms with Gasteiger partial charge in [-0.3, -0.25) is 0 Å². The lowest BCUT2D eigenvalue weighted by Gasteiger charge is -2.10. The van der Waals surface area contributed by atoms with Crippen molar-refractivity contribution in [1.82, 2.24) is 0 Å². The van der Waals surface area contributed by atoms with Gasteiger partial charge in [0, 0.05) is 11.3 Å². The molecule has 0 spiro atoms. The summed E-state index contributed by atoms with van der Waals surface area (Å²) in [5.74, 6) is -1.17. The molecule has 0 saturated carbocycles. The van der Waals surface area contributed by atoms with E-state index < -0.39 is 5.97 Å². The molecule has 0 amide bonds. The summed E-state index contributed by atoms with van der Waals surface area (Å²) in [5, 5.41) is 10.9. The van der Waals surface area contributed by atoms with Gasteiger partial charge >= 0.3 is 0 Å². The first-order valence-corrected chi connectivity index (χ1v) is 4.85. The molecule has 3 heteroatoms. The SMILES string of the molecule is Nc1ccc(-c2ccccc2C(=O)[O-])cc1. The molecule has 2 rings (SSSR count). The minimum atomic E-state index is -1.17. The van der Waals surface area contributed by atoms with Gasteiger partial charge < -0.3 is 15.6 Å². The summed E-state index contributed by atoms with van der Waals surface area (Å²) in [5.41, 5.74) is 7.86. The fourth-order valence-electron chi connectivity index (χ4n) is 1.58. The largest absolute Gasteiger partial charge is 0.545 e. The van der Waals surface area contributed by atoms with Crippen LogP contribution >= 0.6 is 0 Å². The highest BCUT2D eigenvalue weighted by molar-refractivity contribution is 5.94. The van der Waals surface area contributed by atoms with Crippen LogP contribution in [0.15, 0.2) is 48.5 Å². The minimum absolute atomic E-state index is 0.187. The van der Waals surface area contributed by atoms with Gasteiger partial charge in [-0.2, -0.15) is 0 Å². The predicted octanol–water partition coefficient (Wildman–Crippen LogP) is 1.30. The number of hydrogen-bond donors (Lipinski definition) is 1. The van der Waals surface area contributed by atoms with Crippen molar-refractivity contribution in [2.24, 2.45) is 0 Å². The molecule has 16 heavy (non-hydrogen) atoms. The van der Waals surface area contributed by atoms with Crippen molar-refractivity contribution in [1.29, 1.82) is 0 Å². The second-order valence-electron chi connectivity index (χ2n) is 3.46. The lowest BCUT2D eigenvalue weighted by Crippen LogP contribution is -2.22. The molecule has 2 aromatic carbocycles. The fourth-order valence-corrected chi connectivity index (χ4v) is 1.58. The number of carbonyl (C=O) groups excluding carboxylic acids is 1. The normalized spacial score (nSPS) is 10.0. The lowest BCUT2D eigenvalue weighted by molar-refractivity contribution is -0.254. The molecule has 2 aromatic rings. The number of carboxylic acid groups (broad SMARTS) is 1. The molecule has 0 bridgehead atoms. The van der Waals surface area contributed by atoms with E-state index >= 15 is 0 Å². The van der Waals surface area contributed by atoms with Gasteiger partial charge in [-0.05, 0) is 23.3 Å². The van der Waals surface area contributed by atoms with Gasteiger partial charge in [-0.15, -0.1) is 0 Å². The first kappa shape index (κ1) is 10.2.